The summed E-state index contributed by atoms with van der Waals surface area (Å²) in [5, 5.41) is 0.701. The first-order valence-electron chi connectivity index (χ1n) is 4.19. The molecular formula is C9H16BrNO2. The summed E-state index contributed by atoms with van der Waals surface area (Å²) < 4.78 is 4.91. The third kappa shape index (κ3) is 5.82. The van der Waals surface area contributed by atoms with Crippen molar-refractivity contribution >= 4 is 21.8 Å². The molecule has 0 fully saturated rings. The van der Waals surface area contributed by atoms with Gasteiger partial charge >= 0.3 is 0 Å². The molecule has 0 radical (unpaired) electrons. The summed E-state index contributed by atoms with van der Waals surface area (Å²) in [6.45, 7) is 5.40. The zero-order valence-electron chi connectivity index (χ0n) is 7.96. The van der Waals surface area contributed by atoms with E-state index in [1.165, 1.54) is 0 Å². The lowest BCUT2D eigenvalue weighted by Crippen LogP contribution is -2.34. The molecule has 0 aliphatic carbocycles. The molecule has 0 saturated heterocycles. The zero-order chi connectivity index (χ0) is 10.1. The number of hydrogen-bond acceptors (Lipinski definition) is 2. The summed E-state index contributed by atoms with van der Waals surface area (Å²) in [4.78, 5) is 13.2. The van der Waals surface area contributed by atoms with Crippen LogP contribution in [0.3, 0.4) is 0 Å². The van der Waals surface area contributed by atoms with Gasteiger partial charge in [-0.3, -0.25) is 4.79 Å². The fraction of sp³-hybridized carbons (Fsp3) is 0.667. The van der Waals surface area contributed by atoms with Crippen LogP contribution < -0.4 is 0 Å². The Morgan fingerprint density at radius 3 is 2.85 bits per heavy atom. The second-order valence-corrected chi connectivity index (χ2v) is 3.35. The second kappa shape index (κ2) is 8.26. The standard InChI is InChI=1S/C9H16BrNO2/c1-3-6-11(7-8-13-2)9(12)4-5-10/h3H,1,4-8H2,2H3. The van der Waals surface area contributed by atoms with Gasteiger partial charge in [-0.25, -0.2) is 0 Å². The van der Waals surface area contributed by atoms with Gasteiger partial charge in [-0.1, -0.05) is 22.0 Å². The van der Waals surface area contributed by atoms with E-state index < -0.39 is 0 Å². The molecule has 0 aromatic rings. The summed E-state index contributed by atoms with van der Waals surface area (Å²) in [5.74, 6) is 0.133. The lowest BCUT2D eigenvalue weighted by atomic mass is 10.3. The van der Waals surface area contributed by atoms with Crippen molar-refractivity contribution in [2.24, 2.45) is 0 Å². The van der Waals surface area contributed by atoms with Crippen molar-refractivity contribution in [1.29, 1.82) is 0 Å². The van der Waals surface area contributed by atoms with Gasteiger partial charge in [-0.05, 0) is 0 Å². The highest BCUT2D eigenvalue weighted by molar-refractivity contribution is 9.09. The van der Waals surface area contributed by atoms with Gasteiger partial charge in [-0.15, -0.1) is 6.58 Å². The van der Waals surface area contributed by atoms with E-state index in [2.05, 4.69) is 22.5 Å². The van der Waals surface area contributed by atoms with E-state index in [4.69, 9.17) is 4.74 Å². The normalized spacial score (nSPS) is 9.69. The Kier molecular flexibility index (Phi) is 8.04. The lowest BCUT2D eigenvalue weighted by Gasteiger charge is -2.20. The molecule has 13 heavy (non-hydrogen) atoms. The molecule has 0 N–H and O–H groups in total. The first kappa shape index (κ1) is 12.7. The minimum atomic E-state index is 0.133. The van der Waals surface area contributed by atoms with Gasteiger partial charge in [-0.2, -0.15) is 0 Å². The third-order valence-corrected chi connectivity index (χ3v) is 1.97. The maximum atomic E-state index is 11.4. The Balaban J connectivity index is 3.90. The van der Waals surface area contributed by atoms with Gasteiger partial charge in [0.2, 0.25) is 5.91 Å². The number of carbonyl (C=O) groups excluding carboxylic acids is 1. The molecule has 0 aromatic heterocycles. The molecule has 0 aliphatic rings. The fourth-order valence-electron chi connectivity index (χ4n) is 0.914. The van der Waals surface area contributed by atoms with E-state index in [1.54, 1.807) is 18.1 Å². The van der Waals surface area contributed by atoms with Crippen molar-refractivity contribution in [1.82, 2.24) is 4.90 Å². The lowest BCUT2D eigenvalue weighted by molar-refractivity contribution is -0.130. The number of nitrogens with zero attached hydrogens (tertiary/aromatic N) is 1. The zero-order valence-corrected chi connectivity index (χ0v) is 9.55. The average Bonchev–Trinajstić information content (AvgIpc) is 2.12. The molecule has 0 bridgehead atoms. The molecule has 76 valence electrons. The molecule has 0 saturated carbocycles. The quantitative estimate of drug-likeness (QED) is 0.505. The molecule has 3 nitrogen and oxygen atoms in total. The average molecular weight is 250 g/mol. The number of alkyl halides is 1. The van der Waals surface area contributed by atoms with E-state index in [0.717, 1.165) is 0 Å². The van der Waals surface area contributed by atoms with Crippen LogP contribution in [0.1, 0.15) is 6.42 Å². The maximum absolute atomic E-state index is 11.4. The van der Waals surface area contributed by atoms with Crippen LogP contribution in [0.4, 0.5) is 0 Å². The highest BCUT2D eigenvalue weighted by atomic mass is 79.9. The molecule has 4 heteroatoms. The maximum Gasteiger partial charge on any atom is 0.223 e. The summed E-state index contributed by atoms with van der Waals surface area (Å²) in [5.41, 5.74) is 0. The van der Waals surface area contributed by atoms with E-state index in [-0.39, 0.29) is 5.91 Å². The number of rotatable bonds is 7. The van der Waals surface area contributed by atoms with Crippen molar-refractivity contribution in [2.45, 2.75) is 6.42 Å². The Hall–Kier alpha value is -0.350. The summed E-state index contributed by atoms with van der Waals surface area (Å²) in [6.07, 6.45) is 2.25. The number of halogens is 1. The van der Waals surface area contributed by atoms with E-state index in [0.29, 0.717) is 31.4 Å². The topological polar surface area (TPSA) is 29.5 Å². The van der Waals surface area contributed by atoms with Gasteiger partial charge in [0.15, 0.2) is 0 Å². The molecule has 0 spiro atoms. The Morgan fingerprint density at radius 2 is 2.38 bits per heavy atom. The highest BCUT2D eigenvalue weighted by Gasteiger charge is 2.09. The smallest absolute Gasteiger partial charge is 0.223 e. The van der Waals surface area contributed by atoms with Crippen molar-refractivity contribution in [3.8, 4) is 0 Å². The molecule has 0 aromatic carbocycles. The van der Waals surface area contributed by atoms with Crippen LogP contribution in [-0.4, -0.2) is 42.9 Å². The van der Waals surface area contributed by atoms with Gasteiger partial charge < -0.3 is 9.64 Å². The number of hydrogen-bond donors (Lipinski definition) is 0. The monoisotopic (exact) mass is 249 g/mol. The number of methoxy groups -OCH3 is 1. The fourth-order valence-corrected chi connectivity index (χ4v) is 1.25. The van der Waals surface area contributed by atoms with Crippen LogP contribution in [0.25, 0.3) is 0 Å². The Bertz CT molecular complexity index is 162. The summed E-state index contributed by atoms with van der Waals surface area (Å²) in [7, 11) is 1.63. The van der Waals surface area contributed by atoms with E-state index in [1.807, 2.05) is 0 Å². The van der Waals surface area contributed by atoms with Crippen molar-refractivity contribution in [3.63, 3.8) is 0 Å². The number of ether oxygens (including phenoxy) is 1. The molecular weight excluding hydrogens is 234 g/mol. The number of amides is 1. The first-order chi connectivity index (χ1) is 6.26. The summed E-state index contributed by atoms with van der Waals surface area (Å²) >= 11 is 3.23. The highest BCUT2D eigenvalue weighted by Crippen LogP contribution is 1.97. The van der Waals surface area contributed by atoms with E-state index in [9.17, 15) is 4.79 Å². The van der Waals surface area contributed by atoms with Crippen LogP contribution in [0.5, 0.6) is 0 Å². The Labute approximate surface area is 87.9 Å². The van der Waals surface area contributed by atoms with Gasteiger partial charge in [0.05, 0.1) is 6.61 Å². The predicted octanol–water partition coefficient (Wildman–Crippen LogP) is 1.43. The molecule has 0 heterocycles. The molecule has 0 rings (SSSR count). The van der Waals surface area contributed by atoms with Crippen molar-refractivity contribution < 1.29 is 9.53 Å². The second-order valence-electron chi connectivity index (χ2n) is 2.56. The molecule has 1 amide bonds. The minimum absolute atomic E-state index is 0.133. The molecule has 0 aliphatic heterocycles. The van der Waals surface area contributed by atoms with Gasteiger partial charge in [0.1, 0.15) is 0 Å². The van der Waals surface area contributed by atoms with Crippen molar-refractivity contribution in [2.75, 3.05) is 32.1 Å². The van der Waals surface area contributed by atoms with Crippen LogP contribution >= 0.6 is 15.9 Å². The largest absolute Gasteiger partial charge is 0.383 e. The first-order valence-corrected chi connectivity index (χ1v) is 5.32. The summed E-state index contributed by atoms with van der Waals surface area (Å²) in [6, 6.07) is 0. The predicted molar refractivity (Wildman–Crippen MR) is 57.1 cm³/mol. The SMILES string of the molecule is C=CCN(CCOC)C(=O)CCBr. The van der Waals surface area contributed by atoms with Crippen LogP contribution in [-0.2, 0) is 9.53 Å². The van der Waals surface area contributed by atoms with Crippen LogP contribution in [0.2, 0.25) is 0 Å². The minimum Gasteiger partial charge on any atom is -0.383 e. The van der Waals surface area contributed by atoms with Gasteiger partial charge in [0.25, 0.3) is 0 Å². The van der Waals surface area contributed by atoms with E-state index >= 15 is 0 Å². The van der Waals surface area contributed by atoms with Gasteiger partial charge in [0, 0.05) is 32.0 Å². The van der Waals surface area contributed by atoms with Crippen molar-refractivity contribution in [3.05, 3.63) is 12.7 Å². The Morgan fingerprint density at radius 1 is 1.69 bits per heavy atom. The van der Waals surface area contributed by atoms with Crippen LogP contribution in [0, 0.1) is 0 Å². The number of carbonyl (C=O) groups is 1. The molecule has 0 atom stereocenters. The third-order valence-electron chi connectivity index (χ3n) is 1.58. The van der Waals surface area contributed by atoms with Crippen LogP contribution in [0.15, 0.2) is 12.7 Å². The molecule has 0 unspecified atom stereocenters.